The molecule has 11 heavy (non-hydrogen) atoms. The van der Waals surface area contributed by atoms with Gasteiger partial charge in [0.25, 0.3) is 0 Å². The number of rotatable bonds is 7. The first-order valence-corrected chi connectivity index (χ1v) is 4.46. The zero-order chi connectivity index (χ0) is 8.36. The Labute approximate surface area is 69.5 Å². The molecule has 1 nitrogen and oxygen atoms in total. The van der Waals surface area contributed by atoms with E-state index in [1.807, 2.05) is 6.92 Å². The molecule has 64 valence electrons. The van der Waals surface area contributed by atoms with E-state index in [9.17, 15) is 4.79 Å². The van der Waals surface area contributed by atoms with Gasteiger partial charge in [-0.3, -0.25) is 0 Å². The lowest BCUT2D eigenvalue weighted by Crippen LogP contribution is -1.78. The lowest BCUT2D eigenvalue weighted by Gasteiger charge is -1.94. The number of carbonyl (C=O) groups is 1. The van der Waals surface area contributed by atoms with Crippen LogP contribution in [0.4, 0.5) is 0 Å². The van der Waals surface area contributed by atoms with Gasteiger partial charge in [-0.25, -0.2) is 0 Å². The van der Waals surface area contributed by atoms with Crippen molar-refractivity contribution in [3.8, 4) is 0 Å². The molecule has 0 fully saturated rings. The van der Waals surface area contributed by atoms with Crippen LogP contribution in [0.5, 0.6) is 0 Å². The van der Waals surface area contributed by atoms with Gasteiger partial charge in [-0.05, 0) is 26.2 Å². The zero-order valence-electron chi connectivity index (χ0n) is 7.38. The second kappa shape index (κ2) is 9.41. The van der Waals surface area contributed by atoms with E-state index in [2.05, 4.69) is 12.2 Å². The summed E-state index contributed by atoms with van der Waals surface area (Å²) in [6, 6.07) is 0. The van der Waals surface area contributed by atoms with Crippen molar-refractivity contribution in [2.45, 2.75) is 45.4 Å². The number of hydrogen-bond donors (Lipinski definition) is 0. The molecule has 0 aromatic carbocycles. The van der Waals surface area contributed by atoms with Crippen LogP contribution in [-0.2, 0) is 4.79 Å². The first-order valence-electron chi connectivity index (χ1n) is 4.46. The van der Waals surface area contributed by atoms with Crippen molar-refractivity contribution in [1.82, 2.24) is 0 Å². The minimum atomic E-state index is 0.740. The first-order chi connectivity index (χ1) is 5.41. The maximum atomic E-state index is 9.93. The SMILES string of the molecule is C/C=C\CCCCCCC=O. The summed E-state index contributed by atoms with van der Waals surface area (Å²) in [5.74, 6) is 0. The molecular weight excluding hydrogens is 136 g/mol. The van der Waals surface area contributed by atoms with Gasteiger partial charge in [0.05, 0.1) is 0 Å². The van der Waals surface area contributed by atoms with Crippen LogP contribution in [0.3, 0.4) is 0 Å². The van der Waals surface area contributed by atoms with E-state index in [1.165, 1.54) is 25.7 Å². The molecule has 0 radical (unpaired) electrons. The summed E-state index contributed by atoms with van der Waals surface area (Å²) >= 11 is 0. The van der Waals surface area contributed by atoms with E-state index in [0.29, 0.717) is 0 Å². The van der Waals surface area contributed by atoms with Crippen LogP contribution >= 0.6 is 0 Å². The maximum Gasteiger partial charge on any atom is 0.119 e. The van der Waals surface area contributed by atoms with Gasteiger partial charge in [0.15, 0.2) is 0 Å². The van der Waals surface area contributed by atoms with Crippen molar-refractivity contribution >= 4 is 6.29 Å². The monoisotopic (exact) mass is 154 g/mol. The van der Waals surface area contributed by atoms with E-state index in [-0.39, 0.29) is 0 Å². The quantitative estimate of drug-likeness (QED) is 0.313. The molecule has 1 heteroatoms. The Kier molecular flexibility index (Phi) is 8.91. The standard InChI is InChI=1S/C10H18O/c1-2-3-4-5-6-7-8-9-10-11/h2-3,10H,4-9H2,1H3/b3-2-. The minimum Gasteiger partial charge on any atom is -0.303 e. The molecule has 0 atom stereocenters. The average molecular weight is 154 g/mol. The van der Waals surface area contributed by atoms with Crippen LogP contribution in [0.25, 0.3) is 0 Å². The summed E-state index contributed by atoms with van der Waals surface area (Å²) in [6.45, 7) is 2.05. The molecule has 0 aliphatic rings. The van der Waals surface area contributed by atoms with Crippen LogP contribution in [-0.4, -0.2) is 6.29 Å². The molecule has 0 aliphatic carbocycles. The van der Waals surface area contributed by atoms with Crippen molar-refractivity contribution in [1.29, 1.82) is 0 Å². The van der Waals surface area contributed by atoms with Crippen LogP contribution in [0.2, 0.25) is 0 Å². The molecule has 0 rings (SSSR count). The molecule has 0 amide bonds. The molecule has 0 bridgehead atoms. The second-order valence-corrected chi connectivity index (χ2v) is 2.73. The smallest absolute Gasteiger partial charge is 0.119 e. The molecule has 0 unspecified atom stereocenters. The van der Waals surface area contributed by atoms with E-state index < -0.39 is 0 Å². The lowest BCUT2D eigenvalue weighted by atomic mass is 10.1. The Morgan fingerprint density at radius 3 is 2.18 bits per heavy atom. The van der Waals surface area contributed by atoms with Crippen LogP contribution in [0.1, 0.15) is 45.4 Å². The summed E-state index contributed by atoms with van der Waals surface area (Å²) < 4.78 is 0. The van der Waals surface area contributed by atoms with E-state index >= 15 is 0 Å². The summed E-state index contributed by atoms with van der Waals surface area (Å²) in [6.07, 6.45) is 12.0. The highest BCUT2D eigenvalue weighted by Crippen LogP contribution is 2.04. The average Bonchev–Trinajstić information content (AvgIpc) is 2.03. The van der Waals surface area contributed by atoms with E-state index in [0.717, 1.165) is 19.1 Å². The van der Waals surface area contributed by atoms with Gasteiger partial charge in [0.2, 0.25) is 0 Å². The topological polar surface area (TPSA) is 17.1 Å². The first kappa shape index (κ1) is 10.4. The Morgan fingerprint density at radius 2 is 1.64 bits per heavy atom. The van der Waals surface area contributed by atoms with Crippen molar-refractivity contribution in [2.75, 3.05) is 0 Å². The van der Waals surface area contributed by atoms with Crippen LogP contribution < -0.4 is 0 Å². The molecule has 0 saturated carbocycles. The molecular formula is C10H18O. The van der Waals surface area contributed by atoms with Crippen molar-refractivity contribution in [3.63, 3.8) is 0 Å². The molecule has 0 heterocycles. The second-order valence-electron chi connectivity index (χ2n) is 2.73. The van der Waals surface area contributed by atoms with Gasteiger partial charge in [0, 0.05) is 6.42 Å². The highest BCUT2D eigenvalue weighted by molar-refractivity contribution is 5.48. The molecule has 0 aromatic heterocycles. The fourth-order valence-electron chi connectivity index (χ4n) is 1.01. The molecule has 0 aliphatic heterocycles. The highest BCUT2D eigenvalue weighted by Gasteiger charge is 1.87. The Hall–Kier alpha value is -0.590. The van der Waals surface area contributed by atoms with Gasteiger partial charge < -0.3 is 4.79 Å². The third-order valence-corrected chi connectivity index (χ3v) is 1.68. The van der Waals surface area contributed by atoms with Crippen molar-refractivity contribution in [3.05, 3.63) is 12.2 Å². The molecule has 0 spiro atoms. The van der Waals surface area contributed by atoms with E-state index in [4.69, 9.17) is 0 Å². The third-order valence-electron chi connectivity index (χ3n) is 1.68. The zero-order valence-corrected chi connectivity index (χ0v) is 7.38. The normalized spacial score (nSPS) is 10.6. The van der Waals surface area contributed by atoms with Gasteiger partial charge in [-0.1, -0.05) is 25.0 Å². The summed E-state index contributed by atoms with van der Waals surface area (Å²) in [4.78, 5) is 9.93. The number of hydrogen-bond acceptors (Lipinski definition) is 1. The van der Waals surface area contributed by atoms with Crippen molar-refractivity contribution < 1.29 is 4.79 Å². The van der Waals surface area contributed by atoms with E-state index in [1.54, 1.807) is 0 Å². The Bertz CT molecular complexity index is 105. The molecule has 0 N–H and O–H groups in total. The fraction of sp³-hybridized carbons (Fsp3) is 0.700. The maximum absolute atomic E-state index is 9.93. The molecule has 0 aromatic rings. The van der Waals surface area contributed by atoms with Crippen LogP contribution in [0.15, 0.2) is 12.2 Å². The van der Waals surface area contributed by atoms with Gasteiger partial charge in [0.1, 0.15) is 6.29 Å². The number of unbranched alkanes of at least 4 members (excludes halogenated alkanes) is 5. The summed E-state index contributed by atoms with van der Waals surface area (Å²) in [7, 11) is 0. The summed E-state index contributed by atoms with van der Waals surface area (Å²) in [5.41, 5.74) is 0. The number of carbonyl (C=O) groups excluding carboxylic acids is 1. The number of allylic oxidation sites excluding steroid dienone is 2. The predicted molar refractivity (Wildman–Crippen MR) is 48.6 cm³/mol. The van der Waals surface area contributed by atoms with Gasteiger partial charge in [-0.2, -0.15) is 0 Å². The van der Waals surface area contributed by atoms with Crippen molar-refractivity contribution in [2.24, 2.45) is 0 Å². The minimum absolute atomic E-state index is 0.740. The van der Waals surface area contributed by atoms with Gasteiger partial charge >= 0.3 is 0 Å². The van der Waals surface area contributed by atoms with Gasteiger partial charge in [-0.15, -0.1) is 0 Å². The Balaban J connectivity index is 2.84. The Morgan fingerprint density at radius 1 is 1.00 bits per heavy atom. The largest absolute Gasteiger partial charge is 0.303 e. The number of aldehydes is 1. The lowest BCUT2D eigenvalue weighted by molar-refractivity contribution is -0.107. The fourth-order valence-corrected chi connectivity index (χ4v) is 1.01. The highest BCUT2D eigenvalue weighted by atomic mass is 16.1. The predicted octanol–water partition coefficient (Wildman–Crippen LogP) is 3.10. The molecule has 0 saturated heterocycles. The summed E-state index contributed by atoms with van der Waals surface area (Å²) in [5, 5.41) is 0. The third kappa shape index (κ3) is 9.41. The van der Waals surface area contributed by atoms with Crippen LogP contribution in [0, 0.1) is 0 Å².